The van der Waals surface area contributed by atoms with Crippen molar-refractivity contribution >= 4 is 17.0 Å². The topological polar surface area (TPSA) is 113 Å². The zero-order valence-corrected chi connectivity index (χ0v) is 18.6. The van der Waals surface area contributed by atoms with Gasteiger partial charge < -0.3 is 9.87 Å². The van der Waals surface area contributed by atoms with Gasteiger partial charge in [-0.2, -0.15) is 13.2 Å². The van der Waals surface area contributed by atoms with Gasteiger partial charge in [0.05, 0.1) is 11.3 Å². The molecule has 34 heavy (non-hydrogen) atoms. The van der Waals surface area contributed by atoms with Crippen LogP contribution < -0.4 is 16.6 Å². The molecule has 1 amide bonds. The van der Waals surface area contributed by atoms with Gasteiger partial charge in [-0.15, -0.1) is 0 Å². The Kier molecular flexibility index (Phi) is 7.52. The van der Waals surface area contributed by atoms with Crippen LogP contribution in [-0.2, 0) is 36.1 Å². The summed E-state index contributed by atoms with van der Waals surface area (Å²) in [6.45, 7) is 1.65. The quantitative estimate of drug-likeness (QED) is 0.507. The summed E-state index contributed by atoms with van der Waals surface area (Å²) in [5.74, 6) is -0.974. The lowest BCUT2D eigenvalue weighted by Gasteiger charge is -2.14. The molecule has 0 bridgehead atoms. The van der Waals surface area contributed by atoms with Crippen molar-refractivity contribution < 1.29 is 26.7 Å². The summed E-state index contributed by atoms with van der Waals surface area (Å²) in [7, 11) is 0. The Morgan fingerprint density at radius 2 is 1.74 bits per heavy atom. The number of nitrogens with zero attached hydrogens (tertiary/aromatic N) is 2. The van der Waals surface area contributed by atoms with Gasteiger partial charge in [0.2, 0.25) is 0 Å². The van der Waals surface area contributed by atoms with E-state index >= 15 is 0 Å². The molecule has 1 unspecified atom stereocenters. The van der Waals surface area contributed by atoms with Gasteiger partial charge in [0, 0.05) is 25.0 Å². The predicted molar refractivity (Wildman–Crippen MR) is 117 cm³/mol. The minimum absolute atomic E-state index is 0.00612. The van der Waals surface area contributed by atoms with Gasteiger partial charge in [0.1, 0.15) is 5.56 Å². The van der Waals surface area contributed by atoms with Crippen LogP contribution in [0.25, 0.3) is 5.69 Å². The normalized spacial score (nSPS) is 12.4. The van der Waals surface area contributed by atoms with Crippen LogP contribution in [0.4, 0.5) is 13.2 Å². The third kappa shape index (κ3) is 5.69. The first-order valence-electron chi connectivity index (χ1n) is 9.97. The minimum Gasteiger partial charge on any atom is -0.772 e. The number of amides is 1. The van der Waals surface area contributed by atoms with Crippen LogP contribution in [0.3, 0.4) is 0 Å². The maximum atomic E-state index is 13.1. The molecule has 3 rings (SSSR count). The van der Waals surface area contributed by atoms with Crippen LogP contribution in [0.1, 0.15) is 34.0 Å². The summed E-state index contributed by atoms with van der Waals surface area (Å²) in [6, 6.07) is 10.1. The molecule has 0 radical (unpaired) electrons. The minimum atomic E-state index is -4.68. The highest BCUT2D eigenvalue weighted by Crippen LogP contribution is 2.29. The second kappa shape index (κ2) is 10.2. The number of carbonyl (C=O) groups excluding carboxylic acids is 1. The lowest BCUT2D eigenvalue weighted by atomic mass is 10.1. The molecule has 1 N–H and O–H groups in total. The van der Waals surface area contributed by atoms with Gasteiger partial charge in [0.15, 0.2) is 0 Å². The van der Waals surface area contributed by atoms with Gasteiger partial charge >= 0.3 is 11.9 Å². The van der Waals surface area contributed by atoms with Gasteiger partial charge in [-0.3, -0.25) is 18.4 Å². The van der Waals surface area contributed by atoms with E-state index in [1.54, 1.807) is 31.2 Å². The molecule has 1 aromatic heterocycles. The standard InChI is InChI=1S/C22H20F3N3O5S/c1-2-27-12-18(19(29)26-11-14-6-8-15(9-7-14)13-34(32)33)20(30)28(21(27)31)17-5-3-4-16(10-17)22(23,24)25/h3-10,12H,2,11,13H2,1H3,(H,26,29)(H,32,33)/p-1. The number of aryl methyl sites for hydroxylation is 1. The first-order valence-corrected chi connectivity index (χ1v) is 11.2. The summed E-state index contributed by atoms with van der Waals surface area (Å²) in [4.78, 5) is 38.4. The summed E-state index contributed by atoms with van der Waals surface area (Å²) >= 11 is -2.24. The van der Waals surface area contributed by atoms with E-state index in [9.17, 15) is 36.3 Å². The van der Waals surface area contributed by atoms with Gasteiger partial charge in [-0.1, -0.05) is 41.4 Å². The van der Waals surface area contributed by atoms with E-state index in [0.717, 1.165) is 22.9 Å². The Bertz CT molecular complexity index is 1350. The van der Waals surface area contributed by atoms with Crippen LogP contribution >= 0.6 is 0 Å². The Morgan fingerprint density at radius 3 is 2.32 bits per heavy atom. The molecule has 180 valence electrons. The second-order valence-electron chi connectivity index (χ2n) is 7.25. The molecule has 8 nitrogen and oxygen atoms in total. The Morgan fingerprint density at radius 1 is 1.09 bits per heavy atom. The van der Waals surface area contributed by atoms with E-state index in [0.29, 0.717) is 21.8 Å². The van der Waals surface area contributed by atoms with Crippen molar-refractivity contribution in [2.24, 2.45) is 0 Å². The SMILES string of the molecule is CCn1cc(C(=O)NCc2ccc(CS(=O)[O-])cc2)c(=O)n(-c2cccc(C(F)(F)F)c2)c1=O. The fourth-order valence-corrected chi connectivity index (χ4v) is 3.66. The molecule has 3 aromatic rings. The monoisotopic (exact) mass is 494 g/mol. The molecule has 0 saturated carbocycles. The Balaban J connectivity index is 1.93. The molecular formula is C22H19F3N3O5S-. The van der Waals surface area contributed by atoms with E-state index in [4.69, 9.17) is 0 Å². The van der Waals surface area contributed by atoms with Crippen molar-refractivity contribution in [2.45, 2.75) is 31.9 Å². The van der Waals surface area contributed by atoms with Crippen LogP contribution in [-0.4, -0.2) is 23.8 Å². The average Bonchev–Trinajstić information content (AvgIpc) is 2.78. The highest BCUT2D eigenvalue weighted by molar-refractivity contribution is 7.78. The van der Waals surface area contributed by atoms with E-state index in [1.807, 2.05) is 0 Å². The van der Waals surface area contributed by atoms with Crippen molar-refractivity contribution in [3.8, 4) is 5.69 Å². The molecule has 0 spiro atoms. The molecule has 1 atom stereocenters. The molecule has 0 aliphatic carbocycles. The number of benzene rings is 2. The molecule has 0 aliphatic rings. The first-order chi connectivity index (χ1) is 16.0. The predicted octanol–water partition coefficient (Wildman–Crippen LogP) is 2.35. The maximum Gasteiger partial charge on any atom is 0.416 e. The van der Waals surface area contributed by atoms with Crippen molar-refractivity contribution in [3.05, 3.63) is 97.8 Å². The molecule has 1 heterocycles. The lowest BCUT2D eigenvalue weighted by Crippen LogP contribution is -2.43. The summed E-state index contributed by atoms with van der Waals surface area (Å²) < 4.78 is 62.5. The zero-order valence-electron chi connectivity index (χ0n) is 17.8. The molecule has 12 heteroatoms. The molecular weight excluding hydrogens is 475 g/mol. The van der Waals surface area contributed by atoms with Gasteiger partial charge in [-0.05, 0) is 36.2 Å². The number of nitrogens with one attached hydrogen (secondary N) is 1. The Labute approximate surface area is 194 Å². The first kappa shape index (κ1) is 25.1. The van der Waals surface area contributed by atoms with Crippen molar-refractivity contribution in [1.29, 1.82) is 0 Å². The molecule has 2 aromatic carbocycles. The van der Waals surface area contributed by atoms with E-state index in [1.165, 1.54) is 6.07 Å². The largest absolute Gasteiger partial charge is 0.772 e. The fraction of sp³-hybridized carbons (Fsp3) is 0.227. The number of carbonyl (C=O) groups is 1. The number of rotatable bonds is 7. The van der Waals surface area contributed by atoms with E-state index in [2.05, 4.69) is 5.32 Å². The average molecular weight is 494 g/mol. The maximum absolute atomic E-state index is 13.1. The zero-order chi connectivity index (χ0) is 25.0. The van der Waals surface area contributed by atoms with Crippen molar-refractivity contribution in [3.63, 3.8) is 0 Å². The molecule has 0 fully saturated rings. The molecule has 0 saturated heterocycles. The number of aromatic nitrogens is 2. The van der Waals surface area contributed by atoms with Gasteiger partial charge in [-0.25, -0.2) is 9.36 Å². The number of hydrogen-bond donors (Lipinski definition) is 1. The highest BCUT2D eigenvalue weighted by Gasteiger charge is 2.31. The van der Waals surface area contributed by atoms with Crippen LogP contribution in [0, 0.1) is 0 Å². The van der Waals surface area contributed by atoms with Crippen LogP contribution in [0.5, 0.6) is 0 Å². The van der Waals surface area contributed by atoms with Crippen molar-refractivity contribution in [1.82, 2.24) is 14.5 Å². The third-order valence-corrected chi connectivity index (χ3v) is 5.50. The summed E-state index contributed by atoms with van der Waals surface area (Å²) in [5, 5.41) is 2.53. The fourth-order valence-electron chi connectivity index (χ4n) is 3.20. The van der Waals surface area contributed by atoms with Gasteiger partial charge in [0.25, 0.3) is 11.5 Å². The second-order valence-corrected chi connectivity index (χ2v) is 8.14. The van der Waals surface area contributed by atoms with Crippen LogP contribution in [0.2, 0.25) is 0 Å². The lowest BCUT2D eigenvalue weighted by molar-refractivity contribution is -0.137. The third-order valence-electron chi connectivity index (χ3n) is 4.93. The molecule has 0 aliphatic heterocycles. The number of halogens is 3. The van der Waals surface area contributed by atoms with Crippen LogP contribution in [0.15, 0.2) is 64.3 Å². The number of alkyl halides is 3. The summed E-state index contributed by atoms with van der Waals surface area (Å²) in [6.07, 6.45) is -3.62. The van der Waals surface area contributed by atoms with E-state index < -0.39 is 45.5 Å². The van der Waals surface area contributed by atoms with E-state index in [-0.39, 0.29) is 24.5 Å². The number of hydrogen-bond acceptors (Lipinski definition) is 5. The van der Waals surface area contributed by atoms with Crippen molar-refractivity contribution in [2.75, 3.05) is 0 Å². The Hall–Kier alpha value is -3.51. The highest BCUT2D eigenvalue weighted by atomic mass is 32.2. The smallest absolute Gasteiger partial charge is 0.416 e. The summed E-state index contributed by atoms with van der Waals surface area (Å²) in [5.41, 5.74) is -2.53.